The molecule has 0 N–H and O–H groups in total. The number of nitrogens with zero attached hydrogens (tertiary/aromatic N) is 1. The largest absolute Gasteiger partial charge is 0.466 e. The van der Waals surface area contributed by atoms with Gasteiger partial charge in [0.15, 0.2) is 0 Å². The van der Waals surface area contributed by atoms with Crippen molar-refractivity contribution in [3.05, 3.63) is 29.8 Å². The van der Waals surface area contributed by atoms with Crippen LogP contribution in [0.5, 0.6) is 5.75 Å². The molecule has 0 bridgehead atoms. The monoisotopic (exact) mass is 267 g/mol. The fourth-order valence-corrected chi connectivity index (χ4v) is 1.34. The van der Waals surface area contributed by atoms with Gasteiger partial charge in [-0.3, -0.25) is 4.79 Å². The van der Waals surface area contributed by atoms with Crippen LogP contribution in [0.3, 0.4) is 0 Å². The summed E-state index contributed by atoms with van der Waals surface area (Å²) in [6.07, 6.45) is 0.270. The van der Waals surface area contributed by atoms with Crippen molar-refractivity contribution in [2.45, 2.75) is 13.3 Å². The SMILES string of the molecule is CCOC(=O)Cc1ccc(OC(=S)N(C)C)cc1. The number of benzene rings is 1. The van der Waals surface area contributed by atoms with Crippen LogP contribution in [-0.4, -0.2) is 36.7 Å². The van der Waals surface area contributed by atoms with Crippen LogP contribution in [0.15, 0.2) is 24.3 Å². The molecule has 0 aliphatic carbocycles. The Morgan fingerprint density at radius 2 is 1.89 bits per heavy atom. The molecule has 1 aromatic carbocycles. The topological polar surface area (TPSA) is 38.8 Å². The quantitative estimate of drug-likeness (QED) is 0.616. The molecule has 0 fully saturated rings. The summed E-state index contributed by atoms with van der Waals surface area (Å²) in [5.41, 5.74) is 0.886. The van der Waals surface area contributed by atoms with Gasteiger partial charge in [-0.15, -0.1) is 0 Å². The van der Waals surface area contributed by atoms with Crippen molar-refractivity contribution in [3.63, 3.8) is 0 Å². The Balaban J connectivity index is 2.57. The summed E-state index contributed by atoms with van der Waals surface area (Å²) >= 11 is 5.03. The van der Waals surface area contributed by atoms with Gasteiger partial charge in [-0.05, 0) is 36.8 Å². The molecular weight excluding hydrogens is 250 g/mol. The second kappa shape index (κ2) is 6.96. The summed E-state index contributed by atoms with van der Waals surface area (Å²) in [5, 5.41) is 0.396. The van der Waals surface area contributed by atoms with E-state index in [1.54, 1.807) is 24.0 Å². The Morgan fingerprint density at radius 1 is 1.28 bits per heavy atom. The highest BCUT2D eigenvalue weighted by Crippen LogP contribution is 2.13. The maximum Gasteiger partial charge on any atom is 0.310 e. The third kappa shape index (κ3) is 4.71. The van der Waals surface area contributed by atoms with Crippen LogP contribution in [0.25, 0.3) is 0 Å². The van der Waals surface area contributed by atoms with Crippen molar-refractivity contribution < 1.29 is 14.3 Å². The first-order chi connectivity index (χ1) is 8.52. The van der Waals surface area contributed by atoms with Gasteiger partial charge in [0, 0.05) is 14.1 Å². The number of esters is 1. The molecule has 0 heterocycles. The highest BCUT2D eigenvalue weighted by Gasteiger charge is 2.05. The molecule has 0 amide bonds. The van der Waals surface area contributed by atoms with Crippen LogP contribution >= 0.6 is 12.2 Å². The zero-order chi connectivity index (χ0) is 13.5. The number of rotatable bonds is 4. The van der Waals surface area contributed by atoms with Gasteiger partial charge in [-0.2, -0.15) is 0 Å². The highest BCUT2D eigenvalue weighted by molar-refractivity contribution is 7.80. The zero-order valence-electron chi connectivity index (χ0n) is 10.8. The van der Waals surface area contributed by atoms with Crippen molar-refractivity contribution in [3.8, 4) is 5.75 Å². The van der Waals surface area contributed by atoms with Crippen molar-refractivity contribution in [1.29, 1.82) is 0 Å². The second-order valence-corrected chi connectivity index (χ2v) is 4.24. The Labute approximate surface area is 112 Å². The molecule has 1 rings (SSSR count). The first-order valence-corrected chi connectivity index (χ1v) is 6.07. The summed E-state index contributed by atoms with van der Waals surface area (Å²) < 4.78 is 10.3. The normalized spacial score (nSPS) is 9.72. The smallest absolute Gasteiger partial charge is 0.310 e. The number of carbonyl (C=O) groups is 1. The standard InChI is InChI=1S/C13H17NO3S/c1-4-16-12(15)9-10-5-7-11(8-6-10)17-13(18)14(2)3/h5-8H,4,9H2,1-3H3. The average Bonchev–Trinajstić information content (AvgIpc) is 2.31. The minimum atomic E-state index is -0.227. The van der Waals surface area contributed by atoms with E-state index in [1.165, 1.54) is 0 Å². The zero-order valence-corrected chi connectivity index (χ0v) is 11.6. The molecule has 0 aliphatic rings. The second-order valence-electron chi connectivity index (χ2n) is 3.89. The van der Waals surface area contributed by atoms with Gasteiger partial charge in [0.1, 0.15) is 5.75 Å². The van der Waals surface area contributed by atoms with E-state index in [1.807, 2.05) is 26.2 Å². The minimum Gasteiger partial charge on any atom is -0.466 e. The summed E-state index contributed by atoms with van der Waals surface area (Å²) in [6, 6.07) is 7.21. The number of carbonyl (C=O) groups excluding carboxylic acids is 1. The maximum atomic E-state index is 11.3. The Morgan fingerprint density at radius 3 is 2.39 bits per heavy atom. The van der Waals surface area contributed by atoms with E-state index >= 15 is 0 Å². The summed E-state index contributed by atoms with van der Waals surface area (Å²) in [5.74, 6) is 0.427. The van der Waals surface area contributed by atoms with Crippen molar-refractivity contribution in [2.24, 2.45) is 0 Å². The molecule has 4 nitrogen and oxygen atoms in total. The van der Waals surface area contributed by atoms with E-state index in [2.05, 4.69) is 0 Å². The molecule has 0 saturated carbocycles. The van der Waals surface area contributed by atoms with Gasteiger partial charge in [-0.25, -0.2) is 0 Å². The molecule has 0 unspecified atom stereocenters. The van der Waals surface area contributed by atoms with Crippen LogP contribution in [-0.2, 0) is 16.0 Å². The molecular formula is C13H17NO3S. The fraction of sp³-hybridized carbons (Fsp3) is 0.385. The summed E-state index contributed by atoms with van der Waals surface area (Å²) in [4.78, 5) is 13.0. The van der Waals surface area contributed by atoms with Crippen molar-refractivity contribution in [2.75, 3.05) is 20.7 Å². The highest BCUT2D eigenvalue weighted by atomic mass is 32.1. The molecule has 0 spiro atoms. The van der Waals surface area contributed by atoms with E-state index in [4.69, 9.17) is 21.7 Å². The van der Waals surface area contributed by atoms with Crippen molar-refractivity contribution in [1.82, 2.24) is 4.90 Å². The predicted octanol–water partition coefficient (Wildman–Crippen LogP) is 2.02. The van der Waals surface area contributed by atoms with Crippen LogP contribution < -0.4 is 4.74 Å². The van der Waals surface area contributed by atoms with Crippen LogP contribution in [0.1, 0.15) is 12.5 Å². The molecule has 0 aromatic heterocycles. The van der Waals surface area contributed by atoms with Crippen molar-refractivity contribution >= 4 is 23.4 Å². The summed E-state index contributed by atoms with van der Waals surface area (Å²) in [7, 11) is 3.63. The van der Waals surface area contributed by atoms with E-state index in [0.29, 0.717) is 17.5 Å². The van der Waals surface area contributed by atoms with Gasteiger partial charge in [0.2, 0.25) is 0 Å². The molecule has 0 atom stereocenters. The van der Waals surface area contributed by atoms with E-state index in [9.17, 15) is 4.79 Å². The molecule has 98 valence electrons. The first-order valence-electron chi connectivity index (χ1n) is 5.66. The minimum absolute atomic E-state index is 0.227. The Bertz CT molecular complexity index is 415. The van der Waals surface area contributed by atoms with E-state index in [-0.39, 0.29) is 12.4 Å². The predicted molar refractivity (Wildman–Crippen MR) is 73.7 cm³/mol. The lowest BCUT2D eigenvalue weighted by molar-refractivity contribution is -0.142. The molecule has 0 radical (unpaired) electrons. The third-order valence-corrected chi connectivity index (χ3v) is 2.60. The number of hydrogen-bond acceptors (Lipinski definition) is 4. The molecule has 5 heteroatoms. The number of ether oxygens (including phenoxy) is 2. The lowest BCUT2D eigenvalue weighted by Crippen LogP contribution is -2.24. The molecule has 0 aliphatic heterocycles. The van der Waals surface area contributed by atoms with Gasteiger partial charge in [0.25, 0.3) is 5.17 Å². The average molecular weight is 267 g/mol. The van der Waals surface area contributed by atoms with Crippen LogP contribution in [0.4, 0.5) is 0 Å². The van der Waals surface area contributed by atoms with Crippen LogP contribution in [0, 0.1) is 0 Å². The molecule has 1 aromatic rings. The lowest BCUT2D eigenvalue weighted by Gasteiger charge is -2.14. The molecule has 0 saturated heterocycles. The fourth-order valence-electron chi connectivity index (χ4n) is 1.25. The Kier molecular flexibility index (Phi) is 5.58. The van der Waals surface area contributed by atoms with E-state index in [0.717, 1.165) is 5.56 Å². The van der Waals surface area contributed by atoms with Gasteiger partial charge < -0.3 is 14.4 Å². The van der Waals surface area contributed by atoms with Gasteiger partial charge in [-0.1, -0.05) is 12.1 Å². The van der Waals surface area contributed by atoms with Gasteiger partial charge in [0.05, 0.1) is 13.0 Å². The third-order valence-electron chi connectivity index (χ3n) is 2.15. The first kappa shape index (κ1) is 14.4. The lowest BCUT2D eigenvalue weighted by atomic mass is 10.1. The van der Waals surface area contributed by atoms with Crippen LogP contribution in [0.2, 0.25) is 0 Å². The number of thiocarbonyl (C=S) groups is 1. The van der Waals surface area contributed by atoms with E-state index < -0.39 is 0 Å². The summed E-state index contributed by atoms with van der Waals surface area (Å²) in [6.45, 7) is 2.19. The number of hydrogen-bond donors (Lipinski definition) is 0. The van der Waals surface area contributed by atoms with Gasteiger partial charge >= 0.3 is 5.97 Å². The molecule has 18 heavy (non-hydrogen) atoms. The Hall–Kier alpha value is -1.62. The maximum absolute atomic E-state index is 11.3.